The first-order valence-corrected chi connectivity index (χ1v) is 6.00. The number of hydrogen-bond acceptors (Lipinski definition) is 2. The molecular weight excluding hydrogens is 176 g/mol. The molecule has 2 rings (SSSR count). The van der Waals surface area contributed by atoms with E-state index in [-0.39, 0.29) is 23.5 Å². The monoisotopic (exact) mass is 198 g/mol. The largest absolute Gasteiger partial charge is 0.393 e. The fraction of sp³-hybridized carbons (Fsp3) is 1.00. The van der Waals surface area contributed by atoms with E-state index in [0.29, 0.717) is 5.92 Å². The van der Waals surface area contributed by atoms with Gasteiger partial charge in [0.25, 0.3) is 0 Å². The number of aliphatic hydroxyl groups excluding tert-OH is 2. The highest BCUT2D eigenvalue weighted by molar-refractivity contribution is 5.05. The highest BCUT2D eigenvalue weighted by atomic mass is 16.3. The third-order valence-corrected chi connectivity index (χ3v) is 4.89. The zero-order valence-electron chi connectivity index (χ0n) is 9.24. The minimum atomic E-state index is -0.264. The first kappa shape index (κ1) is 10.4. The van der Waals surface area contributed by atoms with Crippen molar-refractivity contribution in [1.82, 2.24) is 0 Å². The molecule has 0 aromatic heterocycles. The lowest BCUT2D eigenvalue weighted by Gasteiger charge is -2.33. The molecule has 2 heteroatoms. The predicted octanol–water partition coefficient (Wildman–Crippen LogP) is 1.94. The van der Waals surface area contributed by atoms with Gasteiger partial charge in [0.1, 0.15) is 0 Å². The normalized spacial score (nSPS) is 45.4. The molecule has 0 aliphatic heterocycles. The second-order valence-electron chi connectivity index (χ2n) is 5.20. The second kappa shape index (κ2) is 3.49. The van der Waals surface area contributed by atoms with Crippen molar-refractivity contribution in [1.29, 1.82) is 0 Å². The summed E-state index contributed by atoms with van der Waals surface area (Å²) in [5.74, 6) is 0.759. The van der Waals surface area contributed by atoms with Crippen LogP contribution in [0, 0.1) is 17.3 Å². The molecule has 0 saturated heterocycles. The molecule has 2 aliphatic rings. The van der Waals surface area contributed by atoms with Crippen LogP contribution in [0.5, 0.6) is 0 Å². The number of aliphatic hydroxyl groups is 2. The standard InChI is InChI=1S/C12H22O2/c1-3-12(4-2)7-8-5-6-9(13)10(8)11(12)14/h8-11,13-14H,3-7H2,1-2H3. The molecule has 2 nitrogen and oxygen atoms in total. The highest BCUT2D eigenvalue weighted by Crippen LogP contribution is 2.55. The van der Waals surface area contributed by atoms with Gasteiger partial charge >= 0.3 is 0 Å². The topological polar surface area (TPSA) is 40.5 Å². The van der Waals surface area contributed by atoms with E-state index < -0.39 is 0 Å². The van der Waals surface area contributed by atoms with Crippen molar-refractivity contribution in [3.63, 3.8) is 0 Å². The van der Waals surface area contributed by atoms with Gasteiger partial charge in [0, 0.05) is 5.92 Å². The number of rotatable bonds is 2. The lowest BCUT2D eigenvalue weighted by atomic mass is 9.76. The Balaban J connectivity index is 2.20. The fourth-order valence-corrected chi connectivity index (χ4v) is 3.80. The predicted molar refractivity (Wildman–Crippen MR) is 55.9 cm³/mol. The van der Waals surface area contributed by atoms with Crippen LogP contribution in [-0.4, -0.2) is 22.4 Å². The summed E-state index contributed by atoms with van der Waals surface area (Å²) < 4.78 is 0. The molecule has 0 amide bonds. The molecule has 0 heterocycles. The van der Waals surface area contributed by atoms with Crippen molar-refractivity contribution in [3.05, 3.63) is 0 Å². The van der Waals surface area contributed by atoms with Gasteiger partial charge in [-0.1, -0.05) is 13.8 Å². The van der Waals surface area contributed by atoms with E-state index in [1.165, 1.54) is 0 Å². The Labute approximate surface area is 86.3 Å². The zero-order valence-corrected chi connectivity index (χ0v) is 9.24. The Bertz CT molecular complexity index is 210. The van der Waals surface area contributed by atoms with Gasteiger partial charge in [-0.3, -0.25) is 0 Å². The van der Waals surface area contributed by atoms with Gasteiger partial charge in [-0.15, -0.1) is 0 Å². The summed E-state index contributed by atoms with van der Waals surface area (Å²) >= 11 is 0. The van der Waals surface area contributed by atoms with Gasteiger partial charge in [0.05, 0.1) is 12.2 Å². The van der Waals surface area contributed by atoms with Crippen LogP contribution in [0.3, 0.4) is 0 Å². The summed E-state index contributed by atoms with van der Waals surface area (Å²) in [7, 11) is 0. The van der Waals surface area contributed by atoms with Crippen LogP contribution in [0.15, 0.2) is 0 Å². The molecule has 2 saturated carbocycles. The Hall–Kier alpha value is -0.0800. The van der Waals surface area contributed by atoms with Gasteiger partial charge in [-0.2, -0.15) is 0 Å². The lowest BCUT2D eigenvalue weighted by molar-refractivity contribution is -0.0215. The maximum Gasteiger partial charge on any atom is 0.0651 e. The van der Waals surface area contributed by atoms with Crippen LogP contribution >= 0.6 is 0 Å². The summed E-state index contributed by atoms with van der Waals surface area (Å²) in [6.45, 7) is 4.33. The molecule has 2 fully saturated rings. The molecule has 0 aromatic rings. The van der Waals surface area contributed by atoms with Crippen molar-refractivity contribution in [2.45, 2.75) is 58.2 Å². The lowest BCUT2D eigenvalue weighted by Crippen LogP contribution is -2.36. The van der Waals surface area contributed by atoms with Crippen LogP contribution in [0.4, 0.5) is 0 Å². The summed E-state index contributed by atoms with van der Waals surface area (Å²) in [5, 5.41) is 20.2. The van der Waals surface area contributed by atoms with Crippen LogP contribution < -0.4 is 0 Å². The molecule has 4 atom stereocenters. The average molecular weight is 198 g/mol. The molecule has 4 unspecified atom stereocenters. The molecule has 2 aliphatic carbocycles. The third kappa shape index (κ3) is 1.24. The molecular formula is C12H22O2. The smallest absolute Gasteiger partial charge is 0.0651 e. The minimum Gasteiger partial charge on any atom is -0.393 e. The second-order valence-corrected chi connectivity index (χ2v) is 5.20. The van der Waals surface area contributed by atoms with Crippen molar-refractivity contribution in [2.75, 3.05) is 0 Å². The highest BCUT2D eigenvalue weighted by Gasteiger charge is 2.55. The van der Waals surface area contributed by atoms with E-state index in [1.807, 2.05) is 0 Å². The van der Waals surface area contributed by atoms with E-state index in [1.54, 1.807) is 0 Å². The molecule has 0 bridgehead atoms. The number of hydrogen-bond donors (Lipinski definition) is 2. The van der Waals surface area contributed by atoms with Gasteiger partial charge in [-0.05, 0) is 43.4 Å². The SMILES string of the molecule is CCC1(CC)CC2CCC(O)C2C1O. The van der Waals surface area contributed by atoms with Gasteiger partial charge in [-0.25, -0.2) is 0 Å². The van der Waals surface area contributed by atoms with Crippen molar-refractivity contribution < 1.29 is 10.2 Å². The van der Waals surface area contributed by atoms with E-state index in [0.717, 1.165) is 32.1 Å². The molecule has 14 heavy (non-hydrogen) atoms. The molecule has 2 N–H and O–H groups in total. The third-order valence-electron chi connectivity index (χ3n) is 4.89. The number of fused-ring (bicyclic) bond motifs is 1. The van der Waals surface area contributed by atoms with Crippen molar-refractivity contribution >= 4 is 0 Å². The first-order valence-electron chi connectivity index (χ1n) is 6.00. The van der Waals surface area contributed by atoms with Crippen LogP contribution in [-0.2, 0) is 0 Å². The van der Waals surface area contributed by atoms with E-state index in [2.05, 4.69) is 13.8 Å². The van der Waals surface area contributed by atoms with Crippen molar-refractivity contribution in [2.24, 2.45) is 17.3 Å². The quantitative estimate of drug-likeness (QED) is 0.712. The first-order chi connectivity index (χ1) is 6.64. The molecule has 0 spiro atoms. The Morgan fingerprint density at radius 3 is 2.29 bits per heavy atom. The zero-order chi connectivity index (χ0) is 10.3. The van der Waals surface area contributed by atoms with Gasteiger partial charge < -0.3 is 10.2 Å². The molecule has 0 aromatic carbocycles. The maximum absolute atomic E-state index is 10.3. The summed E-state index contributed by atoms with van der Waals surface area (Å²) in [6.07, 6.45) is 4.73. The minimum absolute atomic E-state index is 0.108. The van der Waals surface area contributed by atoms with E-state index >= 15 is 0 Å². The van der Waals surface area contributed by atoms with Crippen LogP contribution in [0.25, 0.3) is 0 Å². The summed E-state index contributed by atoms with van der Waals surface area (Å²) in [6, 6.07) is 0. The summed E-state index contributed by atoms with van der Waals surface area (Å²) in [5.41, 5.74) is 0.108. The van der Waals surface area contributed by atoms with Crippen molar-refractivity contribution in [3.8, 4) is 0 Å². The Morgan fingerprint density at radius 2 is 1.79 bits per heavy atom. The molecule has 0 radical (unpaired) electrons. The Kier molecular flexibility index (Phi) is 2.61. The molecule has 82 valence electrons. The fourth-order valence-electron chi connectivity index (χ4n) is 3.80. The summed E-state index contributed by atoms with van der Waals surface area (Å²) in [4.78, 5) is 0. The van der Waals surface area contributed by atoms with Gasteiger partial charge in [0.2, 0.25) is 0 Å². The van der Waals surface area contributed by atoms with Crippen LogP contribution in [0.2, 0.25) is 0 Å². The van der Waals surface area contributed by atoms with E-state index in [9.17, 15) is 10.2 Å². The maximum atomic E-state index is 10.3. The Morgan fingerprint density at radius 1 is 1.14 bits per heavy atom. The van der Waals surface area contributed by atoms with E-state index in [4.69, 9.17) is 0 Å². The van der Waals surface area contributed by atoms with Crippen LogP contribution in [0.1, 0.15) is 46.0 Å². The average Bonchev–Trinajstić information content (AvgIpc) is 2.67. The van der Waals surface area contributed by atoms with Gasteiger partial charge in [0.15, 0.2) is 0 Å².